The molecule has 1 aliphatic heterocycles. The van der Waals surface area contributed by atoms with Crippen molar-refractivity contribution < 1.29 is 19.1 Å². The average Bonchev–Trinajstić information content (AvgIpc) is 2.83. The Morgan fingerprint density at radius 3 is 2.40 bits per heavy atom. The van der Waals surface area contributed by atoms with Crippen LogP contribution in [0.4, 0.5) is 5.69 Å². The summed E-state index contributed by atoms with van der Waals surface area (Å²) in [6.45, 7) is 1.55. The van der Waals surface area contributed by atoms with Gasteiger partial charge in [0.1, 0.15) is 12.3 Å². The molecule has 1 saturated heterocycles. The van der Waals surface area contributed by atoms with Gasteiger partial charge in [-0.15, -0.1) is 0 Å². The van der Waals surface area contributed by atoms with Gasteiger partial charge in [0.05, 0.1) is 24.6 Å². The molecule has 0 radical (unpaired) electrons. The number of ether oxygens (including phenoxy) is 1. The van der Waals surface area contributed by atoms with Gasteiger partial charge in [-0.25, -0.2) is 0 Å². The van der Waals surface area contributed by atoms with E-state index in [1.807, 2.05) is 6.92 Å². The van der Waals surface area contributed by atoms with Crippen LogP contribution in [0.5, 0.6) is 5.75 Å². The van der Waals surface area contributed by atoms with Gasteiger partial charge in [-0.3, -0.25) is 19.3 Å². The molecule has 6 nitrogen and oxygen atoms in total. The lowest BCUT2D eigenvalue weighted by molar-refractivity contribution is -0.142. The lowest BCUT2D eigenvalue weighted by Gasteiger charge is -2.19. The van der Waals surface area contributed by atoms with Gasteiger partial charge in [-0.2, -0.15) is 0 Å². The molecule has 2 atom stereocenters. The van der Waals surface area contributed by atoms with Crippen molar-refractivity contribution >= 4 is 35.0 Å². The molecule has 134 valence electrons. The summed E-state index contributed by atoms with van der Waals surface area (Å²) in [5, 5.41) is 3.24. The summed E-state index contributed by atoms with van der Waals surface area (Å²) in [5.41, 5.74) is 1.25. The number of nitrogens with one attached hydrogen (secondary N) is 1. The van der Waals surface area contributed by atoms with Crippen LogP contribution in [0.15, 0.2) is 12.1 Å². The van der Waals surface area contributed by atoms with Crippen molar-refractivity contribution in [3.63, 3.8) is 0 Å². The van der Waals surface area contributed by atoms with Gasteiger partial charge in [0.2, 0.25) is 17.7 Å². The first-order valence-corrected chi connectivity index (χ1v) is 8.79. The highest BCUT2D eigenvalue weighted by Gasteiger charge is 2.48. The van der Waals surface area contributed by atoms with E-state index >= 15 is 0 Å². The van der Waals surface area contributed by atoms with Gasteiger partial charge in [-0.1, -0.05) is 24.4 Å². The number of halogens is 1. The van der Waals surface area contributed by atoms with Crippen LogP contribution in [-0.2, 0) is 14.4 Å². The van der Waals surface area contributed by atoms with Gasteiger partial charge in [0.15, 0.2) is 0 Å². The number of fused-ring (bicyclic) bond motifs is 1. The van der Waals surface area contributed by atoms with Crippen molar-refractivity contribution in [2.45, 2.75) is 32.6 Å². The Morgan fingerprint density at radius 2 is 1.84 bits per heavy atom. The van der Waals surface area contributed by atoms with Gasteiger partial charge in [0, 0.05) is 11.1 Å². The molecule has 1 saturated carbocycles. The third-order valence-electron chi connectivity index (χ3n) is 4.99. The van der Waals surface area contributed by atoms with E-state index in [0.717, 1.165) is 36.1 Å². The standard InChI is InChI=1S/C18H21ClN2O4/c1-10-7-14(15(25-2)8-13(10)19)20-16(22)9-21-17(23)11-5-3-4-6-12(11)18(21)24/h7-8,11-12H,3-6,9H2,1-2H3,(H,20,22). The quantitative estimate of drug-likeness (QED) is 0.833. The SMILES string of the molecule is COc1cc(Cl)c(C)cc1NC(=O)CN1C(=O)C2CCCCC2C1=O. The zero-order chi connectivity index (χ0) is 18.1. The van der Waals surface area contributed by atoms with Crippen LogP contribution < -0.4 is 10.1 Å². The average molecular weight is 365 g/mol. The number of anilines is 1. The van der Waals surface area contributed by atoms with E-state index < -0.39 is 5.91 Å². The maximum absolute atomic E-state index is 12.4. The number of imide groups is 1. The fraction of sp³-hybridized carbons (Fsp3) is 0.500. The van der Waals surface area contributed by atoms with Gasteiger partial charge >= 0.3 is 0 Å². The highest BCUT2D eigenvalue weighted by atomic mass is 35.5. The van der Waals surface area contributed by atoms with E-state index in [1.165, 1.54) is 7.11 Å². The second-order valence-corrected chi connectivity index (χ2v) is 7.02. The van der Waals surface area contributed by atoms with Crippen LogP contribution in [0.2, 0.25) is 5.02 Å². The Labute approximate surface area is 151 Å². The van der Waals surface area contributed by atoms with Crippen molar-refractivity contribution in [2.24, 2.45) is 11.8 Å². The number of likely N-dealkylation sites (tertiary alicyclic amines) is 1. The molecular weight excluding hydrogens is 344 g/mol. The molecule has 3 amide bonds. The molecule has 7 heteroatoms. The minimum absolute atomic E-state index is 0.218. The van der Waals surface area contributed by atoms with Crippen molar-refractivity contribution in [3.8, 4) is 5.75 Å². The molecule has 2 aliphatic rings. The zero-order valence-electron chi connectivity index (χ0n) is 14.3. The first-order valence-electron chi connectivity index (χ1n) is 8.41. The first-order chi connectivity index (χ1) is 11.9. The molecule has 0 aromatic heterocycles. The monoisotopic (exact) mass is 364 g/mol. The van der Waals surface area contributed by atoms with Crippen molar-refractivity contribution in [3.05, 3.63) is 22.7 Å². The second kappa shape index (κ2) is 7.04. The topological polar surface area (TPSA) is 75.7 Å². The summed E-state index contributed by atoms with van der Waals surface area (Å²) in [4.78, 5) is 38.4. The Balaban J connectivity index is 1.72. The van der Waals surface area contributed by atoms with Crippen molar-refractivity contribution in [1.29, 1.82) is 0 Å². The minimum atomic E-state index is -0.430. The van der Waals surface area contributed by atoms with Crippen LogP contribution in [0.1, 0.15) is 31.2 Å². The molecule has 1 heterocycles. The lowest BCUT2D eigenvalue weighted by Crippen LogP contribution is -2.38. The molecule has 3 rings (SSSR count). The predicted molar refractivity (Wildman–Crippen MR) is 93.5 cm³/mol. The highest BCUT2D eigenvalue weighted by Crippen LogP contribution is 2.38. The predicted octanol–water partition coefficient (Wildman–Crippen LogP) is 2.77. The number of carbonyl (C=O) groups excluding carboxylic acids is 3. The first kappa shape index (κ1) is 17.7. The largest absolute Gasteiger partial charge is 0.495 e. The van der Waals surface area contributed by atoms with E-state index in [-0.39, 0.29) is 30.2 Å². The van der Waals surface area contributed by atoms with Crippen LogP contribution >= 0.6 is 11.6 Å². The van der Waals surface area contributed by atoms with Crippen LogP contribution in [0, 0.1) is 18.8 Å². The summed E-state index contributed by atoms with van der Waals surface area (Å²) in [6, 6.07) is 3.32. The van der Waals surface area contributed by atoms with Gasteiger partial charge < -0.3 is 10.1 Å². The van der Waals surface area contributed by atoms with E-state index in [4.69, 9.17) is 16.3 Å². The number of aryl methyl sites for hydroxylation is 1. The van der Waals surface area contributed by atoms with Crippen LogP contribution in [0.3, 0.4) is 0 Å². The number of amides is 3. The maximum Gasteiger partial charge on any atom is 0.244 e. The molecule has 1 aliphatic carbocycles. The molecule has 2 unspecified atom stereocenters. The number of methoxy groups -OCH3 is 1. The third kappa shape index (κ3) is 3.35. The number of benzene rings is 1. The Hall–Kier alpha value is -2.08. The number of rotatable bonds is 4. The molecule has 1 aromatic rings. The molecule has 25 heavy (non-hydrogen) atoms. The van der Waals surface area contributed by atoms with E-state index in [1.54, 1.807) is 12.1 Å². The maximum atomic E-state index is 12.4. The molecule has 1 N–H and O–H groups in total. The number of hydrogen-bond donors (Lipinski definition) is 1. The summed E-state index contributed by atoms with van der Waals surface area (Å²) in [7, 11) is 1.48. The third-order valence-corrected chi connectivity index (χ3v) is 5.40. The lowest BCUT2D eigenvalue weighted by atomic mass is 9.81. The Kier molecular flexibility index (Phi) is 4.99. The number of hydrogen-bond acceptors (Lipinski definition) is 4. The number of carbonyl (C=O) groups is 3. The highest BCUT2D eigenvalue weighted by molar-refractivity contribution is 6.31. The molecule has 0 bridgehead atoms. The molecular formula is C18H21ClN2O4. The second-order valence-electron chi connectivity index (χ2n) is 6.61. The summed E-state index contributed by atoms with van der Waals surface area (Å²) < 4.78 is 5.22. The molecule has 0 spiro atoms. The smallest absolute Gasteiger partial charge is 0.244 e. The van der Waals surface area contributed by atoms with Gasteiger partial charge in [0.25, 0.3) is 0 Å². The zero-order valence-corrected chi connectivity index (χ0v) is 15.1. The normalized spacial score (nSPS) is 22.8. The van der Waals surface area contributed by atoms with E-state index in [9.17, 15) is 14.4 Å². The van der Waals surface area contributed by atoms with Crippen LogP contribution in [-0.4, -0.2) is 36.3 Å². The Bertz CT molecular complexity index is 710. The molecule has 2 fully saturated rings. The fourth-order valence-electron chi connectivity index (χ4n) is 3.65. The van der Waals surface area contributed by atoms with Crippen molar-refractivity contribution in [2.75, 3.05) is 19.0 Å². The van der Waals surface area contributed by atoms with E-state index in [0.29, 0.717) is 16.5 Å². The van der Waals surface area contributed by atoms with Crippen molar-refractivity contribution in [1.82, 2.24) is 4.90 Å². The Morgan fingerprint density at radius 1 is 1.24 bits per heavy atom. The summed E-state index contributed by atoms with van der Waals surface area (Å²) in [5.74, 6) is -0.937. The van der Waals surface area contributed by atoms with Gasteiger partial charge in [-0.05, 0) is 31.4 Å². The summed E-state index contributed by atoms with van der Waals surface area (Å²) in [6.07, 6.45) is 3.39. The van der Waals surface area contributed by atoms with Crippen LogP contribution in [0.25, 0.3) is 0 Å². The summed E-state index contributed by atoms with van der Waals surface area (Å²) >= 11 is 6.06. The fourth-order valence-corrected chi connectivity index (χ4v) is 3.80. The minimum Gasteiger partial charge on any atom is -0.495 e. The molecule has 1 aromatic carbocycles. The van der Waals surface area contributed by atoms with E-state index in [2.05, 4.69) is 5.32 Å². The number of nitrogens with zero attached hydrogens (tertiary/aromatic N) is 1.